The Morgan fingerprint density at radius 2 is 1.88 bits per heavy atom. The van der Waals surface area contributed by atoms with Gasteiger partial charge in [-0.05, 0) is 32.1 Å². The molecule has 0 aliphatic heterocycles. The summed E-state index contributed by atoms with van der Waals surface area (Å²) in [5.74, 6) is 0. The Morgan fingerprint density at radius 3 is 2.50 bits per heavy atom. The van der Waals surface area contributed by atoms with E-state index in [1.807, 2.05) is 0 Å². The molecule has 16 heavy (non-hydrogen) atoms. The zero-order chi connectivity index (χ0) is 11.3. The van der Waals surface area contributed by atoms with Crippen LogP contribution in [0.4, 0.5) is 0 Å². The second-order valence-electron chi connectivity index (χ2n) is 5.49. The van der Waals surface area contributed by atoms with Crippen molar-refractivity contribution in [2.24, 2.45) is 0 Å². The third-order valence-electron chi connectivity index (χ3n) is 3.98. The van der Waals surface area contributed by atoms with E-state index in [4.69, 9.17) is 0 Å². The highest BCUT2D eigenvalue weighted by Gasteiger charge is 2.28. The van der Waals surface area contributed by atoms with Gasteiger partial charge in [0.05, 0.1) is 5.60 Å². The molecule has 0 heterocycles. The van der Waals surface area contributed by atoms with Gasteiger partial charge in [0, 0.05) is 12.6 Å². The molecule has 92 valence electrons. The van der Waals surface area contributed by atoms with Crippen molar-refractivity contribution in [3.8, 4) is 0 Å². The maximum Gasteiger partial charge on any atom is 0.0771 e. The maximum atomic E-state index is 10.5. The zero-order valence-corrected chi connectivity index (χ0v) is 10.3. The Morgan fingerprint density at radius 1 is 1.12 bits per heavy atom. The van der Waals surface area contributed by atoms with Crippen LogP contribution in [0.2, 0.25) is 0 Å². The van der Waals surface area contributed by atoms with E-state index >= 15 is 0 Å². The molecule has 2 heteroatoms. The molecule has 1 unspecified atom stereocenters. The third kappa shape index (κ3) is 3.60. The van der Waals surface area contributed by atoms with Crippen LogP contribution in [0.15, 0.2) is 12.2 Å². The molecule has 0 aromatic carbocycles. The first-order valence-corrected chi connectivity index (χ1v) is 6.91. The Balaban J connectivity index is 1.78. The standard InChI is InChI=1S/C14H25NO/c16-14(10-6-1-2-7-11-14)12-15-13-8-4-3-5-9-13/h4,8,13,15-16H,1-3,5-7,9-12H2. The van der Waals surface area contributed by atoms with Crippen LogP contribution < -0.4 is 5.32 Å². The minimum Gasteiger partial charge on any atom is -0.389 e. The van der Waals surface area contributed by atoms with E-state index in [0.717, 1.165) is 19.4 Å². The lowest BCUT2D eigenvalue weighted by Crippen LogP contribution is -2.44. The first-order chi connectivity index (χ1) is 7.79. The Kier molecular flexibility index (Phi) is 4.42. The van der Waals surface area contributed by atoms with Gasteiger partial charge < -0.3 is 10.4 Å². The molecule has 1 atom stereocenters. The highest BCUT2D eigenvalue weighted by Crippen LogP contribution is 2.26. The van der Waals surface area contributed by atoms with Gasteiger partial charge in [0.25, 0.3) is 0 Å². The molecule has 2 N–H and O–H groups in total. The summed E-state index contributed by atoms with van der Waals surface area (Å²) in [7, 11) is 0. The Labute approximate surface area is 99.1 Å². The molecule has 0 saturated heterocycles. The van der Waals surface area contributed by atoms with Crippen LogP contribution in [0, 0.1) is 0 Å². The second kappa shape index (κ2) is 5.83. The van der Waals surface area contributed by atoms with E-state index in [-0.39, 0.29) is 0 Å². The van der Waals surface area contributed by atoms with Crippen molar-refractivity contribution in [1.29, 1.82) is 0 Å². The van der Waals surface area contributed by atoms with Crippen molar-refractivity contribution < 1.29 is 5.11 Å². The molecule has 0 amide bonds. The molecule has 2 aliphatic carbocycles. The van der Waals surface area contributed by atoms with E-state index < -0.39 is 5.60 Å². The molecule has 1 fully saturated rings. The first kappa shape index (κ1) is 12.1. The van der Waals surface area contributed by atoms with Crippen molar-refractivity contribution in [3.05, 3.63) is 12.2 Å². The number of rotatable bonds is 3. The zero-order valence-electron chi connectivity index (χ0n) is 10.3. The van der Waals surface area contributed by atoms with E-state index in [1.54, 1.807) is 0 Å². The number of hydrogen-bond donors (Lipinski definition) is 2. The molecular formula is C14H25NO. The van der Waals surface area contributed by atoms with Gasteiger partial charge in [-0.15, -0.1) is 0 Å². The number of aliphatic hydroxyl groups is 1. The molecule has 0 bridgehead atoms. The van der Waals surface area contributed by atoms with Crippen molar-refractivity contribution in [2.45, 2.75) is 69.4 Å². The lowest BCUT2D eigenvalue weighted by molar-refractivity contribution is 0.0236. The van der Waals surface area contributed by atoms with Gasteiger partial charge in [0.2, 0.25) is 0 Å². The molecule has 0 aromatic heterocycles. The van der Waals surface area contributed by atoms with E-state index in [9.17, 15) is 5.11 Å². The molecule has 1 saturated carbocycles. The molecule has 0 spiro atoms. The van der Waals surface area contributed by atoms with Gasteiger partial charge >= 0.3 is 0 Å². The summed E-state index contributed by atoms with van der Waals surface area (Å²) in [6, 6.07) is 0.501. The molecule has 0 radical (unpaired) electrons. The van der Waals surface area contributed by atoms with Crippen LogP contribution in [0.25, 0.3) is 0 Å². The predicted octanol–water partition coefficient (Wildman–Crippen LogP) is 2.77. The molecule has 2 rings (SSSR count). The fourth-order valence-electron chi connectivity index (χ4n) is 2.87. The average Bonchev–Trinajstić information content (AvgIpc) is 2.54. The summed E-state index contributed by atoms with van der Waals surface area (Å²) < 4.78 is 0. The average molecular weight is 223 g/mol. The van der Waals surface area contributed by atoms with Crippen molar-refractivity contribution >= 4 is 0 Å². The van der Waals surface area contributed by atoms with Gasteiger partial charge in [0.1, 0.15) is 0 Å². The normalized spacial score (nSPS) is 29.9. The van der Waals surface area contributed by atoms with Crippen LogP contribution in [0.1, 0.15) is 57.8 Å². The summed E-state index contributed by atoms with van der Waals surface area (Å²) >= 11 is 0. The fourth-order valence-corrected chi connectivity index (χ4v) is 2.87. The van der Waals surface area contributed by atoms with E-state index in [1.165, 1.54) is 44.9 Å². The topological polar surface area (TPSA) is 32.3 Å². The first-order valence-electron chi connectivity index (χ1n) is 6.91. The van der Waals surface area contributed by atoms with E-state index in [0.29, 0.717) is 6.04 Å². The summed E-state index contributed by atoms with van der Waals surface area (Å²) in [5, 5.41) is 14.0. The number of hydrogen-bond acceptors (Lipinski definition) is 2. The summed E-state index contributed by atoms with van der Waals surface area (Å²) in [5.41, 5.74) is -0.429. The lowest BCUT2D eigenvalue weighted by Gasteiger charge is -2.29. The molecule has 0 aromatic rings. The predicted molar refractivity (Wildman–Crippen MR) is 67.4 cm³/mol. The third-order valence-corrected chi connectivity index (χ3v) is 3.98. The highest BCUT2D eigenvalue weighted by molar-refractivity contribution is 4.98. The number of allylic oxidation sites excluding steroid dienone is 1. The number of nitrogens with one attached hydrogen (secondary N) is 1. The SMILES string of the molecule is OC1(CNC2C=CCCC2)CCCCCC1. The second-order valence-corrected chi connectivity index (χ2v) is 5.49. The van der Waals surface area contributed by atoms with Crippen LogP contribution in [0.5, 0.6) is 0 Å². The van der Waals surface area contributed by atoms with Crippen LogP contribution in [-0.4, -0.2) is 23.3 Å². The van der Waals surface area contributed by atoms with Crippen molar-refractivity contribution in [2.75, 3.05) is 6.54 Å². The van der Waals surface area contributed by atoms with Crippen molar-refractivity contribution in [1.82, 2.24) is 5.32 Å². The van der Waals surface area contributed by atoms with Gasteiger partial charge in [0.15, 0.2) is 0 Å². The summed E-state index contributed by atoms with van der Waals surface area (Å²) in [6.45, 7) is 0.780. The van der Waals surface area contributed by atoms with Gasteiger partial charge in [-0.1, -0.05) is 37.8 Å². The van der Waals surface area contributed by atoms with Gasteiger partial charge in [-0.3, -0.25) is 0 Å². The largest absolute Gasteiger partial charge is 0.389 e. The molecular weight excluding hydrogens is 198 g/mol. The van der Waals surface area contributed by atoms with Gasteiger partial charge in [-0.2, -0.15) is 0 Å². The monoisotopic (exact) mass is 223 g/mol. The van der Waals surface area contributed by atoms with E-state index in [2.05, 4.69) is 17.5 Å². The summed E-state index contributed by atoms with van der Waals surface area (Å²) in [6.07, 6.45) is 15.2. The van der Waals surface area contributed by atoms with Crippen LogP contribution in [0.3, 0.4) is 0 Å². The van der Waals surface area contributed by atoms with Crippen LogP contribution >= 0.6 is 0 Å². The highest BCUT2D eigenvalue weighted by atomic mass is 16.3. The maximum absolute atomic E-state index is 10.5. The van der Waals surface area contributed by atoms with Crippen molar-refractivity contribution in [3.63, 3.8) is 0 Å². The minimum absolute atomic E-state index is 0.429. The molecule has 2 nitrogen and oxygen atoms in total. The summed E-state index contributed by atoms with van der Waals surface area (Å²) in [4.78, 5) is 0. The molecule has 2 aliphatic rings. The Bertz CT molecular complexity index is 229. The van der Waals surface area contributed by atoms with Crippen LogP contribution in [-0.2, 0) is 0 Å². The lowest BCUT2D eigenvalue weighted by atomic mass is 9.93. The Hall–Kier alpha value is -0.340. The fraction of sp³-hybridized carbons (Fsp3) is 0.857. The minimum atomic E-state index is -0.429. The smallest absolute Gasteiger partial charge is 0.0771 e. The quantitative estimate of drug-likeness (QED) is 0.569. The van der Waals surface area contributed by atoms with Gasteiger partial charge in [-0.25, -0.2) is 0 Å².